The highest BCUT2D eigenvalue weighted by molar-refractivity contribution is 5.90. The standard InChI is InChI=1S/C24H25F3N6O/c1-13(17-6-5-7-18(20(17)25)21(26)27)30-23-19-8-15(9-28-22(19)31-14(2)32-23)16-10-29-33(11-16)12-24(3,4)34/h5-11,13,21,34H,12H2,1-4H3,(H,28,30,31,32)/t13-/m1/s1. The van der Waals surface area contributed by atoms with Crippen molar-refractivity contribution in [2.45, 2.75) is 52.3 Å². The van der Waals surface area contributed by atoms with E-state index in [1.807, 2.05) is 6.07 Å². The lowest BCUT2D eigenvalue weighted by Crippen LogP contribution is -2.26. The Bertz CT molecular complexity index is 1330. The molecule has 3 aromatic heterocycles. The van der Waals surface area contributed by atoms with Crippen molar-refractivity contribution in [3.05, 3.63) is 65.6 Å². The Balaban J connectivity index is 1.70. The molecule has 0 spiro atoms. The molecular formula is C24H25F3N6O. The Morgan fingerprint density at radius 1 is 1.12 bits per heavy atom. The molecule has 7 nitrogen and oxygen atoms in total. The fourth-order valence-corrected chi connectivity index (χ4v) is 3.74. The van der Waals surface area contributed by atoms with Crippen molar-refractivity contribution in [1.29, 1.82) is 0 Å². The van der Waals surface area contributed by atoms with Gasteiger partial charge in [0, 0.05) is 29.1 Å². The Hall–Kier alpha value is -3.53. The molecule has 0 radical (unpaired) electrons. The van der Waals surface area contributed by atoms with Crippen LogP contribution >= 0.6 is 0 Å². The highest BCUT2D eigenvalue weighted by Gasteiger charge is 2.21. The number of fused-ring (bicyclic) bond motifs is 1. The molecule has 1 atom stereocenters. The summed E-state index contributed by atoms with van der Waals surface area (Å²) < 4.78 is 42.6. The zero-order valence-corrected chi connectivity index (χ0v) is 19.2. The first-order valence-corrected chi connectivity index (χ1v) is 10.7. The summed E-state index contributed by atoms with van der Waals surface area (Å²) in [4.78, 5) is 13.3. The second kappa shape index (κ2) is 9.02. The van der Waals surface area contributed by atoms with Gasteiger partial charge < -0.3 is 10.4 Å². The van der Waals surface area contributed by atoms with Gasteiger partial charge in [-0.3, -0.25) is 4.68 Å². The molecule has 10 heteroatoms. The van der Waals surface area contributed by atoms with Crippen molar-refractivity contribution in [2.75, 3.05) is 5.32 Å². The summed E-state index contributed by atoms with van der Waals surface area (Å²) in [7, 11) is 0. The van der Waals surface area contributed by atoms with Gasteiger partial charge in [-0.25, -0.2) is 28.1 Å². The summed E-state index contributed by atoms with van der Waals surface area (Å²) >= 11 is 0. The van der Waals surface area contributed by atoms with E-state index < -0.39 is 29.4 Å². The first-order chi connectivity index (χ1) is 16.0. The van der Waals surface area contributed by atoms with Crippen LogP contribution in [0.2, 0.25) is 0 Å². The minimum Gasteiger partial charge on any atom is -0.389 e. The molecule has 0 aliphatic heterocycles. The Morgan fingerprint density at radius 2 is 1.85 bits per heavy atom. The van der Waals surface area contributed by atoms with Crippen LogP contribution in [0.4, 0.5) is 19.0 Å². The molecule has 4 aromatic rings. The van der Waals surface area contributed by atoms with E-state index in [1.165, 1.54) is 12.1 Å². The second-order valence-corrected chi connectivity index (χ2v) is 8.87. The highest BCUT2D eigenvalue weighted by Crippen LogP contribution is 2.31. The molecule has 1 aromatic carbocycles. The Labute approximate surface area is 194 Å². The fraction of sp³-hybridized carbons (Fsp3) is 0.333. The number of aryl methyl sites for hydroxylation is 1. The molecule has 0 saturated carbocycles. The van der Waals surface area contributed by atoms with Crippen LogP contribution in [-0.2, 0) is 6.54 Å². The SMILES string of the molecule is Cc1nc(N[C@H](C)c2cccc(C(F)F)c2F)c2cc(-c3cnn(CC(C)(C)O)c3)cnc2n1. The lowest BCUT2D eigenvalue weighted by Gasteiger charge is -2.18. The van der Waals surface area contributed by atoms with Crippen molar-refractivity contribution in [3.8, 4) is 11.1 Å². The van der Waals surface area contributed by atoms with E-state index in [1.54, 1.807) is 51.0 Å². The summed E-state index contributed by atoms with van der Waals surface area (Å²) in [6.07, 6.45) is 2.24. The van der Waals surface area contributed by atoms with E-state index in [9.17, 15) is 18.3 Å². The average molecular weight is 470 g/mol. The van der Waals surface area contributed by atoms with Gasteiger partial charge in [-0.05, 0) is 33.8 Å². The number of hydrogen-bond donors (Lipinski definition) is 2. The van der Waals surface area contributed by atoms with E-state index in [0.29, 0.717) is 29.2 Å². The fourth-order valence-electron chi connectivity index (χ4n) is 3.74. The van der Waals surface area contributed by atoms with Gasteiger partial charge in [-0.15, -0.1) is 0 Å². The molecule has 0 fully saturated rings. The van der Waals surface area contributed by atoms with Crippen LogP contribution in [0.3, 0.4) is 0 Å². The van der Waals surface area contributed by atoms with Crippen molar-refractivity contribution >= 4 is 16.9 Å². The molecule has 2 N–H and O–H groups in total. The maximum absolute atomic E-state index is 14.7. The van der Waals surface area contributed by atoms with Crippen molar-refractivity contribution in [3.63, 3.8) is 0 Å². The monoisotopic (exact) mass is 470 g/mol. The largest absolute Gasteiger partial charge is 0.389 e. The summed E-state index contributed by atoms with van der Waals surface area (Å²) in [6, 6.07) is 5.15. The average Bonchev–Trinajstić information content (AvgIpc) is 3.20. The van der Waals surface area contributed by atoms with Gasteiger partial charge in [0.2, 0.25) is 0 Å². The number of nitrogens with one attached hydrogen (secondary N) is 1. The molecule has 34 heavy (non-hydrogen) atoms. The maximum Gasteiger partial charge on any atom is 0.266 e. The molecule has 178 valence electrons. The predicted octanol–water partition coefficient (Wildman–Crippen LogP) is 5.22. The Morgan fingerprint density at radius 3 is 2.56 bits per heavy atom. The van der Waals surface area contributed by atoms with Crippen molar-refractivity contribution in [1.82, 2.24) is 24.7 Å². The van der Waals surface area contributed by atoms with Crippen LogP contribution in [0.15, 0.2) is 42.9 Å². The van der Waals surface area contributed by atoms with Gasteiger partial charge >= 0.3 is 0 Å². The van der Waals surface area contributed by atoms with Crippen LogP contribution in [-0.4, -0.2) is 35.4 Å². The molecule has 0 bridgehead atoms. The smallest absolute Gasteiger partial charge is 0.266 e. The van der Waals surface area contributed by atoms with E-state index in [-0.39, 0.29) is 5.56 Å². The van der Waals surface area contributed by atoms with Gasteiger partial charge in [-0.2, -0.15) is 5.10 Å². The van der Waals surface area contributed by atoms with Gasteiger partial charge in [-0.1, -0.05) is 18.2 Å². The van der Waals surface area contributed by atoms with Crippen LogP contribution in [0.5, 0.6) is 0 Å². The topological polar surface area (TPSA) is 88.8 Å². The van der Waals surface area contributed by atoms with Crippen molar-refractivity contribution < 1.29 is 18.3 Å². The predicted molar refractivity (Wildman–Crippen MR) is 123 cm³/mol. The third-order valence-corrected chi connectivity index (χ3v) is 5.29. The molecule has 0 saturated heterocycles. The number of benzene rings is 1. The second-order valence-electron chi connectivity index (χ2n) is 8.87. The number of hydrogen-bond acceptors (Lipinski definition) is 6. The minimum atomic E-state index is -2.90. The molecule has 0 unspecified atom stereocenters. The summed E-state index contributed by atoms with van der Waals surface area (Å²) in [5, 5.41) is 18.1. The molecular weight excluding hydrogens is 445 g/mol. The summed E-state index contributed by atoms with van der Waals surface area (Å²) in [5.74, 6) is -0.0667. The number of rotatable bonds is 7. The van der Waals surface area contributed by atoms with Gasteiger partial charge in [0.1, 0.15) is 17.5 Å². The molecule has 0 aliphatic carbocycles. The quantitative estimate of drug-likeness (QED) is 0.385. The van der Waals surface area contributed by atoms with Crippen LogP contribution in [0.25, 0.3) is 22.2 Å². The zero-order valence-electron chi connectivity index (χ0n) is 19.2. The number of aromatic nitrogens is 5. The molecule has 0 aliphatic rings. The molecule has 0 amide bonds. The highest BCUT2D eigenvalue weighted by atomic mass is 19.3. The molecule has 3 heterocycles. The maximum atomic E-state index is 14.7. The van der Waals surface area contributed by atoms with Crippen LogP contribution < -0.4 is 5.32 Å². The number of alkyl halides is 2. The zero-order chi connectivity index (χ0) is 24.6. The van der Waals surface area contributed by atoms with Crippen LogP contribution in [0, 0.1) is 12.7 Å². The van der Waals surface area contributed by atoms with Crippen LogP contribution in [0.1, 0.15) is 50.2 Å². The Kier molecular flexibility index (Phi) is 6.26. The molecule has 4 rings (SSSR count). The lowest BCUT2D eigenvalue weighted by molar-refractivity contribution is 0.0577. The number of pyridine rings is 1. The normalized spacial score (nSPS) is 13.0. The van der Waals surface area contributed by atoms with E-state index in [2.05, 4.69) is 25.4 Å². The number of aliphatic hydroxyl groups is 1. The van der Waals surface area contributed by atoms with Gasteiger partial charge in [0.05, 0.1) is 35.3 Å². The van der Waals surface area contributed by atoms with E-state index >= 15 is 0 Å². The van der Waals surface area contributed by atoms with Gasteiger partial charge in [0.25, 0.3) is 6.43 Å². The summed E-state index contributed by atoms with van der Waals surface area (Å²) in [6.45, 7) is 7.11. The minimum absolute atomic E-state index is 0.110. The van der Waals surface area contributed by atoms with Gasteiger partial charge in [0.15, 0.2) is 5.65 Å². The van der Waals surface area contributed by atoms with Crippen molar-refractivity contribution in [2.24, 2.45) is 0 Å². The number of halogens is 3. The number of anilines is 1. The third kappa shape index (κ3) is 5.01. The third-order valence-electron chi connectivity index (χ3n) is 5.29. The lowest BCUT2D eigenvalue weighted by atomic mass is 10.0. The first kappa shape index (κ1) is 23.6. The summed E-state index contributed by atoms with van der Waals surface area (Å²) in [5.41, 5.74) is 0.538. The van der Waals surface area contributed by atoms with E-state index in [4.69, 9.17) is 0 Å². The first-order valence-electron chi connectivity index (χ1n) is 10.7. The van der Waals surface area contributed by atoms with E-state index in [0.717, 1.165) is 17.2 Å². The number of nitrogens with zero attached hydrogens (tertiary/aromatic N) is 5.